The van der Waals surface area contributed by atoms with E-state index in [0.29, 0.717) is 19.0 Å². The first kappa shape index (κ1) is 5.44. The Balaban J connectivity index is 2.37. The highest BCUT2D eigenvalue weighted by Crippen LogP contribution is 2.00. The minimum absolute atomic E-state index is 0.0694. The van der Waals surface area contributed by atoms with Crippen LogP contribution < -0.4 is 0 Å². The van der Waals surface area contributed by atoms with Crippen LogP contribution in [0, 0.1) is 0 Å². The summed E-state index contributed by atoms with van der Waals surface area (Å²) in [6, 6.07) is 0. The van der Waals surface area contributed by atoms with Gasteiger partial charge in [-0.25, -0.2) is 0 Å². The molecule has 0 bridgehead atoms. The fourth-order valence-corrected chi connectivity index (χ4v) is 0.490. The molecule has 1 heterocycles. The third-order valence-corrected chi connectivity index (χ3v) is 0.859. The van der Waals surface area contributed by atoms with Gasteiger partial charge in [0.15, 0.2) is 5.76 Å². The molecule has 0 aromatic heterocycles. The van der Waals surface area contributed by atoms with Crippen LogP contribution >= 0.6 is 0 Å². The van der Waals surface area contributed by atoms with Gasteiger partial charge in [-0.05, 0) is 0 Å². The Hall–Kier alpha value is -0.700. The number of aliphatic hydroxyl groups is 1. The molecule has 1 aliphatic heterocycles. The zero-order valence-electron chi connectivity index (χ0n) is 4.46. The standard InChI is InChI=1S/C5H8O3/c6-3-5-4-7-1-2-8-5/h4,6H,1-3H2. The average Bonchev–Trinajstić information content (AvgIpc) is 1.90. The first-order valence-electron chi connectivity index (χ1n) is 2.48. The first-order chi connectivity index (χ1) is 3.93. The normalized spacial score (nSPS) is 18.4. The predicted molar refractivity (Wildman–Crippen MR) is 27.1 cm³/mol. The van der Waals surface area contributed by atoms with Crippen molar-refractivity contribution in [3.63, 3.8) is 0 Å². The fraction of sp³-hybridized carbons (Fsp3) is 0.600. The molecule has 0 fully saturated rings. The predicted octanol–water partition coefficient (Wildman–Crippen LogP) is -0.133. The van der Waals surface area contributed by atoms with Crippen molar-refractivity contribution in [1.82, 2.24) is 0 Å². The van der Waals surface area contributed by atoms with Crippen molar-refractivity contribution >= 4 is 0 Å². The van der Waals surface area contributed by atoms with Crippen molar-refractivity contribution in [1.29, 1.82) is 0 Å². The van der Waals surface area contributed by atoms with Crippen LogP contribution in [0.5, 0.6) is 0 Å². The van der Waals surface area contributed by atoms with E-state index in [4.69, 9.17) is 14.6 Å². The Morgan fingerprint density at radius 1 is 1.62 bits per heavy atom. The van der Waals surface area contributed by atoms with E-state index < -0.39 is 0 Å². The Labute approximate surface area is 47.5 Å². The molecular formula is C5H8O3. The van der Waals surface area contributed by atoms with Crippen molar-refractivity contribution in [3.05, 3.63) is 12.0 Å². The molecule has 0 atom stereocenters. The van der Waals surface area contributed by atoms with Gasteiger partial charge in [-0.2, -0.15) is 0 Å². The lowest BCUT2D eigenvalue weighted by Gasteiger charge is -2.12. The van der Waals surface area contributed by atoms with Gasteiger partial charge in [0.05, 0.1) is 0 Å². The summed E-state index contributed by atoms with van der Waals surface area (Å²) in [4.78, 5) is 0. The van der Waals surface area contributed by atoms with Crippen molar-refractivity contribution < 1.29 is 14.6 Å². The monoisotopic (exact) mass is 116 g/mol. The summed E-state index contributed by atoms with van der Waals surface area (Å²) in [6.07, 6.45) is 1.43. The van der Waals surface area contributed by atoms with E-state index in [0.717, 1.165) is 0 Å². The maximum atomic E-state index is 8.42. The molecule has 0 spiro atoms. The molecule has 0 saturated heterocycles. The van der Waals surface area contributed by atoms with E-state index in [2.05, 4.69) is 0 Å². The minimum atomic E-state index is -0.0694. The summed E-state index contributed by atoms with van der Waals surface area (Å²) in [5.74, 6) is 0.510. The molecule has 1 aliphatic rings. The van der Waals surface area contributed by atoms with Crippen molar-refractivity contribution in [2.45, 2.75) is 0 Å². The van der Waals surface area contributed by atoms with Gasteiger partial charge in [0, 0.05) is 0 Å². The molecule has 8 heavy (non-hydrogen) atoms. The lowest BCUT2D eigenvalue weighted by molar-refractivity contribution is 0.0639. The van der Waals surface area contributed by atoms with Crippen LogP contribution in [-0.4, -0.2) is 24.9 Å². The zero-order chi connectivity index (χ0) is 5.82. The van der Waals surface area contributed by atoms with Gasteiger partial charge < -0.3 is 14.6 Å². The fourth-order valence-electron chi connectivity index (χ4n) is 0.490. The van der Waals surface area contributed by atoms with Gasteiger partial charge in [0.2, 0.25) is 0 Å². The summed E-state index contributed by atoms with van der Waals surface area (Å²) < 4.78 is 9.74. The molecule has 3 nitrogen and oxygen atoms in total. The van der Waals surface area contributed by atoms with Crippen molar-refractivity contribution in [3.8, 4) is 0 Å². The molecule has 46 valence electrons. The van der Waals surface area contributed by atoms with E-state index >= 15 is 0 Å². The van der Waals surface area contributed by atoms with Crippen LogP contribution in [0.25, 0.3) is 0 Å². The Morgan fingerprint density at radius 2 is 2.50 bits per heavy atom. The third kappa shape index (κ3) is 1.13. The topological polar surface area (TPSA) is 38.7 Å². The first-order valence-corrected chi connectivity index (χ1v) is 2.48. The van der Waals surface area contributed by atoms with E-state index in [9.17, 15) is 0 Å². The molecule has 0 radical (unpaired) electrons. The van der Waals surface area contributed by atoms with Crippen molar-refractivity contribution in [2.75, 3.05) is 19.8 Å². The SMILES string of the molecule is OCC1=COCCO1. The molecule has 0 aliphatic carbocycles. The van der Waals surface area contributed by atoms with Crippen LogP contribution in [0.4, 0.5) is 0 Å². The van der Waals surface area contributed by atoms with E-state index in [1.54, 1.807) is 0 Å². The van der Waals surface area contributed by atoms with E-state index in [1.807, 2.05) is 0 Å². The zero-order valence-corrected chi connectivity index (χ0v) is 4.46. The molecule has 0 aromatic carbocycles. The summed E-state index contributed by atoms with van der Waals surface area (Å²) in [5.41, 5.74) is 0. The average molecular weight is 116 g/mol. The number of hydrogen-bond donors (Lipinski definition) is 1. The minimum Gasteiger partial charge on any atom is -0.494 e. The third-order valence-electron chi connectivity index (χ3n) is 0.859. The second-order valence-corrected chi connectivity index (χ2v) is 1.46. The largest absolute Gasteiger partial charge is 0.494 e. The van der Waals surface area contributed by atoms with Crippen LogP contribution in [0.2, 0.25) is 0 Å². The number of hydrogen-bond acceptors (Lipinski definition) is 3. The van der Waals surface area contributed by atoms with Gasteiger partial charge in [-0.3, -0.25) is 0 Å². The van der Waals surface area contributed by atoms with Crippen LogP contribution in [0.15, 0.2) is 12.0 Å². The summed E-state index contributed by atoms with van der Waals surface area (Å²) in [5, 5.41) is 8.42. The molecule has 3 heteroatoms. The highest BCUT2D eigenvalue weighted by molar-refractivity contribution is 4.88. The number of aliphatic hydroxyl groups excluding tert-OH is 1. The summed E-state index contributed by atoms with van der Waals surface area (Å²) >= 11 is 0. The summed E-state index contributed by atoms with van der Waals surface area (Å²) in [6.45, 7) is 1.07. The molecule has 1 N–H and O–H groups in total. The van der Waals surface area contributed by atoms with Gasteiger partial charge in [0.1, 0.15) is 26.1 Å². The van der Waals surface area contributed by atoms with E-state index in [1.165, 1.54) is 6.26 Å². The van der Waals surface area contributed by atoms with Gasteiger partial charge in [-0.1, -0.05) is 0 Å². The highest BCUT2D eigenvalue weighted by atomic mass is 16.6. The van der Waals surface area contributed by atoms with Gasteiger partial charge in [0.25, 0.3) is 0 Å². The molecule has 0 saturated carbocycles. The van der Waals surface area contributed by atoms with E-state index in [-0.39, 0.29) is 6.61 Å². The van der Waals surface area contributed by atoms with Crippen LogP contribution in [0.1, 0.15) is 0 Å². The lowest BCUT2D eigenvalue weighted by atomic mass is 10.5. The van der Waals surface area contributed by atoms with Gasteiger partial charge >= 0.3 is 0 Å². The molecule has 0 unspecified atom stereocenters. The Kier molecular flexibility index (Phi) is 1.75. The molecule has 1 rings (SSSR count). The van der Waals surface area contributed by atoms with Gasteiger partial charge in [-0.15, -0.1) is 0 Å². The summed E-state index contributed by atoms with van der Waals surface area (Å²) in [7, 11) is 0. The molecular weight excluding hydrogens is 108 g/mol. The number of rotatable bonds is 1. The smallest absolute Gasteiger partial charge is 0.156 e. The van der Waals surface area contributed by atoms with Crippen molar-refractivity contribution in [2.24, 2.45) is 0 Å². The van der Waals surface area contributed by atoms with Crippen LogP contribution in [-0.2, 0) is 9.47 Å². The second kappa shape index (κ2) is 2.57. The lowest BCUT2D eigenvalue weighted by Crippen LogP contribution is -2.10. The second-order valence-electron chi connectivity index (χ2n) is 1.46. The molecule has 0 aromatic rings. The quantitative estimate of drug-likeness (QED) is 0.518. The maximum absolute atomic E-state index is 8.42. The number of ether oxygens (including phenoxy) is 2. The van der Waals surface area contributed by atoms with Crippen LogP contribution in [0.3, 0.4) is 0 Å². The maximum Gasteiger partial charge on any atom is 0.156 e. The highest BCUT2D eigenvalue weighted by Gasteiger charge is 2.00. The Morgan fingerprint density at radius 3 is 2.88 bits per heavy atom. The Bertz CT molecular complexity index is 97.8. The molecule has 0 amide bonds.